The molecule has 0 radical (unpaired) electrons. The van der Waals surface area contributed by atoms with Crippen molar-refractivity contribution in [1.29, 1.82) is 0 Å². The van der Waals surface area contributed by atoms with Gasteiger partial charge in [-0.1, -0.05) is 13.8 Å². The minimum Gasteiger partial charge on any atom is -0.394 e. The minimum absolute atomic E-state index is 0.285. The second-order valence-electron chi connectivity index (χ2n) is 5.62. The van der Waals surface area contributed by atoms with Crippen molar-refractivity contribution in [3.8, 4) is 0 Å². The number of ether oxygens (including phenoxy) is 1. The maximum absolute atomic E-state index is 10.4. The standard InChI is InChI=1S/C13H24N4O2/c1-9(2)11-10(14)12(17(3)16-11)15-8-13(18)4-6-19-7-5-13/h9,15,18H,4-8,14H2,1-3H3. The SMILES string of the molecule is CC(C)c1nn(C)c(NCC2(O)CCOCC2)c1N. The average Bonchev–Trinajstić information content (AvgIpc) is 2.64. The minimum atomic E-state index is -0.715. The molecule has 2 rings (SSSR count). The highest BCUT2D eigenvalue weighted by molar-refractivity contribution is 5.65. The molecule has 6 heteroatoms. The van der Waals surface area contributed by atoms with E-state index in [2.05, 4.69) is 24.3 Å². The Labute approximate surface area is 113 Å². The summed E-state index contributed by atoms with van der Waals surface area (Å²) in [6, 6.07) is 0. The van der Waals surface area contributed by atoms with Crippen molar-refractivity contribution in [3.63, 3.8) is 0 Å². The third-order valence-corrected chi connectivity index (χ3v) is 3.67. The third-order valence-electron chi connectivity index (χ3n) is 3.67. The summed E-state index contributed by atoms with van der Waals surface area (Å²) in [6.07, 6.45) is 1.30. The van der Waals surface area contributed by atoms with Crippen molar-refractivity contribution in [1.82, 2.24) is 9.78 Å². The second kappa shape index (κ2) is 5.38. The summed E-state index contributed by atoms with van der Waals surface area (Å²) in [5.41, 5.74) is 6.96. The summed E-state index contributed by atoms with van der Waals surface area (Å²) in [5.74, 6) is 1.07. The molecule has 0 aromatic carbocycles. The Morgan fingerprint density at radius 3 is 2.63 bits per heavy atom. The monoisotopic (exact) mass is 268 g/mol. The number of anilines is 2. The van der Waals surface area contributed by atoms with Crippen LogP contribution < -0.4 is 11.1 Å². The van der Waals surface area contributed by atoms with Gasteiger partial charge in [-0.05, 0) is 5.92 Å². The molecule has 19 heavy (non-hydrogen) atoms. The van der Waals surface area contributed by atoms with E-state index < -0.39 is 5.60 Å². The number of nitrogen functional groups attached to an aromatic ring is 1. The lowest BCUT2D eigenvalue weighted by Gasteiger charge is -2.32. The smallest absolute Gasteiger partial charge is 0.147 e. The summed E-state index contributed by atoms with van der Waals surface area (Å²) in [6.45, 7) is 5.81. The Morgan fingerprint density at radius 2 is 2.11 bits per heavy atom. The summed E-state index contributed by atoms with van der Waals surface area (Å²) >= 11 is 0. The van der Waals surface area contributed by atoms with Gasteiger partial charge in [-0.3, -0.25) is 4.68 Å². The van der Waals surface area contributed by atoms with Gasteiger partial charge >= 0.3 is 0 Å². The fourth-order valence-corrected chi connectivity index (χ4v) is 2.37. The second-order valence-corrected chi connectivity index (χ2v) is 5.62. The predicted molar refractivity (Wildman–Crippen MR) is 75.2 cm³/mol. The lowest BCUT2D eigenvalue weighted by molar-refractivity contribution is -0.0544. The maximum atomic E-state index is 10.4. The topological polar surface area (TPSA) is 85.3 Å². The molecule has 108 valence electrons. The largest absolute Gasteiger partial charge is 0.394 e. The van der Waals surface area contributed by atoms with Gasteiger partial charge in [0.1, 0.15) is 5.82 Å². The van der Waals surface area contributed by atoms with E-state index in [1.54, 1.807) is 4.68 Å². The van der Waals surface area contributed by atoms with Gasteiger partial charge in [0, 0.05) is 39.6 Å². The van der Waals surface area contributed by atoms with Crippen molar-refractivity contribution >= 4 is 11.5 Å². The van der Waals surface area contributed by atoms with E-state index in [0.29, 0.717) is 38.3 Å². The number of aryl methyl sites for hydroxylation is 1. The molecule has 0 saturated carbocycles. The van der Waals surface area contributed by atoms with Gasteiger partial charge in [-0.25, -0.2) is 0 Å². The van der Waals surface area contributed by atoms with Crippen molar-refractivity contribution in [2.45, 2.75) is 38.2 Å². The molecule has 4 N–H and O–H groups in total. The molecular formula is C13H24N4O2. The number of aromatic nitrogens is 2. The van der Waals surface area contributed by atoms with Crippen LogP contribution >= 0.6 is 0 Å². The molecule has 0 aliphatic carbocycles. The number of nitrogens with two attached hydrogens (primary N) is 1. The van der Waals surface area contributed by atoms with Gasteiger partial charge in [-0.2, -0.15) is 5.10 Å². The van der Waals surface area contributed by atoms with Gasteiger partial charge in [0.2, 0.25) is 0 Å². The molecule has 0 bridgehead atoms. The van der Waals surface area contributed by atoms with Crippen LogP contribution in [0.1, 0.15) is 38.3 Å². The summed E-state index contributed by atoms with van der Waals surface area (Å²) in [4.78, 5) is 0. The van der Waals surface area contributed by atoms with E-state index in [4.69, 9.17) is 10.5 Å². The molecule has 0 amide bonds. The molecule has 1 fully saturated rings. The zero-order chi connectivity index (χ0) is 14.0. The molecule has 1 aliphatic rings. The molecule has 0 atom stereocenters. The van der Waals surface area contributed by atoms with Gasteiger partial charge < -0.3 is 20.9 Å². The Hall–Kier alpha value is -1.27. The van der Waals surface area contributed by atoms with Crippen molar-refractivity contribution in [2.75, 3.05) is 30.8 Å². The first-order valence-corrected chi connectivity index (χ1v) is 6.79. The summed E-state index contributed by atoms with van der Waals surface area (Å²) in [7, 11) is 1.86. The van der Waals surface area contributed by atoms with E-state index in [0.717, 1.165) is 11.5 Å². The van der Waals surface area contributed by atoms with Gasteiger partial charge in [-0.15, -0.1) is 0 Å². The van der Waals surface area contributed by atoms with Gasteiger partial charge in [0.25, 0.3) is 0 Å². The predicted octanol–water partition coefficient (Wildman–Crippen LogP) is 1.08. The first-order chi connectivity index (χ1) is 8.93. The van der Waals surface area contributed by atoms with Crippen LogP contribution in [0.2, 0.25) is 0 Å². The highest BCUT2D eigenvalue weighted by Crippen LogP contribution is 2.29. The van der Waals surface area contributed by atoms with Crippen LogP contribution in [0.5, 0.6) is 0 Å². The van der Waals surface area contributed by atoms with Gasteiger partial charge in [0.15, 0.2) is 0 Å². The third kappa shape index (κ3) is 3.01. The Balaban J connectivity index is 2.07. The van der Waals surface area contributed by atoms with Crippen LogP contribution in [-0.2, 0) is 11.8 Å². The summed E-state index contributed by atoms with van der Waals surface area (Å²) in [5, 5.41) is 18.1. The highest BCUT2D eigenvalue weighted by atomic mass is 16.5. The van der Waals surface area contributed by atoms with Crippen LogP contribution in [0.15, 0.2) is 0 Å². The zero-order valence-corrected chi connectivity index (χ0v) is 11.9. The number of hydrogen-bond donors (Lipinski definition) is 3. The van der Waals surface area contributed by atoms with E-state index in [9.17, 15) is 5.11 Å². The van der Waals surface area contributed by atoms with Crippen LogP contribution in [0.3, 0.4) is 0 Å². The normalized spacial score (nSPS) is 18.8. The van der Waals surface area contributed by atoms with Crippen molar-refractivity contribution < 1.29 is 9.84 Å². The molecular weight excluding hydrogens is 244 g/mol. The lowest BCUT2D eigenvalue weighted by Crippen LogP contribution is -2.42. The van der Waals surface area contributed by atoms with Crippen LogP contribution in [0.4, 0.5) is 11.5 Å². The fraction of sp³-hybridized carbons (Fsp3) is 0.769. The molecule has 2 heterocycles. The van der Waals surface area contributed by atoms with E-state index in [1.165, 1.54) is 0 Å². The average molecular weight is 268 g/mol. The summed E-state index contributed by atoms with van der Waals surface area (Å²) < 4.78 is 7.01. The van der Waals surface area contributed by atoms with Gasteiger partial charge in [0.05, 0.1) is 17.0 Å². The molecule has 6 nitrogen and oxygen atoms in total. The number of nitrogens with zero attached hydrogens (tertiary/aromatic N) is 2. The molecule has 0 spiro atoms. The quantitative estimate of drug-likeness (QED) is 0.761. The zero-order valence-electron chi connectivity index (χ0n) is 11.9. The van der Waals surface area contributed by atoms with Crippen LogP contribution in [0.25, 0.3) is 0 Å². The Bertz CT molecular complexity index is 436. The number of nitrogens with one attached hydrogen (secondary N) is 1. The molecule has 1 aliphatic heterocycles. The Kier molecular flexibility index (Phi) is 4.01. The maximum Gasteiger partial charge on any atom is 0.147 e. The fourth-order valence-electron chi connectivity index (χ4n) is 2.37. The van der Waals surface area contributed by atoms with E-state index in [1.807, 2.05) is 7.05 Å². The lowest BCUT2D eigenvalue weighted by atomic mass is 9.94. The van der Waals surface area contributed by atoms with Crippen molar-refractivity contribution in [3.05, 3.63) is 5.69 Å². The number of hydrogen-bond acceptors (Lipinski definition) is 5. The van der Waals surface area contributed by atoms with Crippen LogP contribution in [0, 0.1) is 0 Å². The number of rotatable bonds is 4. The molecule has 1 saturated heterocycles. The molecule has 1 aromatic rings. The first-order valence-electron chi connectivity index (χ1n) is 6.79. The van der Waals surface area contributed by atoms with Crippen molar-refractivity contribution in [2.24, 2.45) is 7.05 Å². The number of aliphatic hydroxyl groups is 1. The van der Waals surface area contributed by atoms with E-state index in [-0.39, 0.29) is 5.92 Å². The van der Waals surface area contributed by atoms with Crippen LogP contribution in [-0.4, -0.2) is 40.2 Å². The Morgan fingerprint density at radius 1 is 1.47 bits per heavy atom. The first kappa shape index (κ1) is 14.1. The highest BCUT2D eigenvalue weighted by Gasteiger charge is 2.30. The molecule has 1 aromatic heterocycles. The van der Waals surface area contributed by atoms with E-state index >= 15 is 0 Å². The molecule has 0 unspecified atom stereocenters.